The molecule has 0 fully saturated rings. The van der Waals surface area contributed by atoms with Crippen molar-refractivity contribution in [1.82, 2.24) is 4.90 Å². The Morgan fingerprint density at radius 2 is 1.76 bits per heavy atom. The summed E-state index contributed by atoms with van der Waals surface area (Å²) in [5, 5.41) is 0. The fourth-order valence-electron chi connectivity index (χ4n) is 2.16. The number of nitrogens with zero attached hydrogens (tertiary/aromatic N) is 1. The van der Waals surface area contributed by atoms with E-state index in [4.69, 9.17) is 0 Å². The van der Waals surface area contributed by atoms with E-state index in [1.165, 1.54) is 12.1 Å². The molecule has 92 valence electrons. The predicted octanol–water partition coefficient (Wildman–Crippen LogP) is 3.46. The van der Waals surface area contributed by atoms with E-state index in [0.29, 0.717) is 11.6 Å². The Labute approximate surface area is 101 Å². The summed E-state index contributed by atoms with van der Waals surface area (Å²) in [5.74, 6) is -1.01. The van der Waals surface area contributed by atoms with Gasteiger partial charge in [0.15, 0.2) is 0 Å². The minimum Gasteiger partial charge on any atom is -0.297 e. The van der Waals surface area contributed by atoms with Gasteiger partial charge in [0.2, 0.25) is 0 Å². The highest BCUT2D eigenvalue weighted by Gasteiger charge is 2.15. The van der Waals surface area contributed by atoms with E-state index in [1.807, 2.05) is 0 Å². The standard InChI is InChI=1S/C14H17F2N/c1-10(2)17-5-3-11(4-6-17)12-7-13(15)9-14(16)8-12/h3,7-10H,4-6H2,1-2H3. The molecule has 1 aromatic carbocycles. The Hall–Kier alpha value is -1.22. The van der Waals surface area contributed by atoms with Crippen molar-refractivity contribution in [2.24, 2.45) is 0 Å². The van der Waals surface area contributed by atoms with Crippen LogP contribution in [0.25, 0.3) is 5.57 Å². The van der Waals surface area contributed by atoms with Crippen molar-refractivity contribution in [3.63, 3.8) is 0 Å². The van der Waals surface area contributed by atoms with Crippen LogP contribution in [0.5, 0.6) is 0 Å². The summed E-state index contributed by atoms with van der Waals surface area (Å²) in [4.78, 5) is 2.33. The summed E-state index contributed by atoms with van der Waals surface area (Å²) >= 11 is 0. The van der Waals surface area contributed by atoms with Gasteiger partial charge in [-0.05, 0) is 43.5 Å². The van der Waals surface area contributed by atoms with Gasteiger partial charge in [-0.2, -0.15) is 0 Å². The molecule has 0 bridgehead atoms. The highest BCUT2D eigenvalue weighted by molar-refractivity contribution is 5.66. The summed E-state index contributed by atoms with van der Waals surface area (Å²) in [7, 11) is 0. The minimum atomic E-state index is -0.507. The maximum atomic E-state index is 13.1. The maximum Gasteiger partial charge on any atom is 0.126 e. The average molecular weight is 237 g/mol. The number of hydrogen-bond donors (Lipinski definition) is 0. The maximum absolute atomic E-state index is 13.1. The van der Waals surface area contributed by atoms with Crippen molar-refractivity contribution in [1.29, 1.82) is 0 Å². The molecule has 17 heavy (non-hydrogen) atoms. The number of hydrogen-bond acceptors (Lipinski definition) is 1. The largest absolute Gasteiger partial charge is 0.297 e. The van der Waals surface area contributed by atoms with Crippen LogP contribution in [0.3, 0.4) is 0 Å². The highest BCUT2D eigenvalue weighted by atomic mass is 19.1. The van der Waals surface area contributed by atoms with E-state index < -0.39 is 11.6 Å². The molecule has 1 heterocycles. The Balaban J connectivity index is 2.19. The Morgan fingerprint density at radius 3 is 2.24 bits per heavy atom. The molecule has 0 radical (unpaired) electrons. The molecular weight excluding hydrogens is 220 g/mol. The number of halogens is 2. The van der Waals surface area contributed by atoms with Gasteiger partial charge in [-0.1, -0.05) is 6.08 Å². The number of rotatable bonds is 2. The van der Waals surface area contributed by atoms with Crippen molar-refractivity contribution in [3.05, 3.63) is 41.5 Å². The second-order valence-corrected chi connectivity index (χ2v) is 4.73. The van der Waals surface area contributed by atoms with Gasteiger partial charge in [-0.3, -0.25) is 4.90 Å². The average Bonchev–Trinajstić information content (AvgIpc) is 2.28. The van der Waals surface area contributed by atoms with Gasteiger partial charge in [0, 0.05) is 25.2 Å². The molecule has 0 unspecified atom stereocenters. The first-order chi connectivity index (χ1) is 8.06. The SMILES string of the molecule is CC(C)N1CC=C(c2cc(F)cc(F)c2)CC1. The van der Waals surface area contributed by atoms with Crippen molar-refractivity contribution in [3.8, 4) is 0 Å². The van der Waals surface area contributed by atoms with E-state index in [-0.39, 0.29) is 0 Å². The van der Waals surface area contributed by atoms with Crippen LogP contribution in [0.1, 0.15) is 25.8 Å². The molecule has 0 aromatic heterocycles. The van der Waals surface area contributed by atoms with Crippen molar-refractivity contribution < 1.29 is 8.78 Å². The predicted molar refractivity (Wildman–Crippen MR) is 65.7 cm³/mol. The Kier molecular flexibility index (Phi) is 3.57. The first-order valence-electron chi connectivity index (χ1n) is 5.96. The second-order valence-electron chi connectivity index (χ2n) is 4.73. The van der Waals surface area contributed by atoms with Crippen LogP contribution >= 0.6 is 0 Å². The van der Waals surface area contributed by atoms with E-state index in [0.717, 1.165) is 31.1 Å². The first kappa shape index (κ1) is 12.2. The molecule has 0 amide bonds. The van der Waals surface area contributed by atoms with Gasteiger partial charge in [-0.15, -0.1) is 0 Å². The molecule has 0 atom stereocenters. The lowest BCUT2D eigenvalue weighted by molar-refractivity contribution is 0.245. The fraction of sp³-hybridized carbons (Fsp3) is 0.429. The molecule has 3 heteroatoms. The van der Waals surface area contributed by atoms with Gasteiger partial charge in [-0.25, -0.2) is 8.78 Å². The van der Waals surface area contributed by atoms with Crippen molar-refractivity contribution in [2.45, 2.75) is 26.3 Å². The van der Waals surface area contributed by atoms with E-state index in [2.05, 4.69) is 24.8 Å². The third-order valence-electron chi connectivity index (χ3n) is 3.20. The lowest BCUT2D eigenvalue weighted by atomic mass is 9.98. The van der Waals surface area contributed by atoms with E-state index >= 15 is 0 Å². The topological polar surface area (TPSA) is 3.24 Å². The van der Waals surface area contributed by atoms with Crippen LogP contribution in [-0.4, -0.2) is 24.0 Å². The van der Waals surface area contributed by atoms with Gasteiger partial charge < -0.3 is 0 Å². The van der Waals surface area contributed by atoms with Gasteiger partial charge in [0.25, 0.3) is 0 Å². The summed E-state index contributed by atoms with van der Waals surface area (Å²) in [6.07, 6.45) is 2.92. The smallest absolute Gasteiger partial charge is 0.126 e. The van der Waals surface area contributed by atoms with E-state index in [9.17, 15) is 8.78 Å². The molecule has 1 aliphatic heterocycles. The van der Waals surface area contributed by atoms with E-state index in [1.54, 1.807) is 0 Å². The van der Waals surface area contributed by atoms with Crippen LogP contribution < -0.4 is 0 Å². The van der Waals surface area contributed by atoms with Crippen LogP contribution in [-0.2, 0) is 0 Å². The van der Waals surface area contributed by atoms with Gasteiger partial charge >= 0.3 is 0 Å². The molecule has 0 aliphatic carbocycles. The summed E-state index contributed by atoms with van der Waals surface area (Å²) < 4.78 is 26.2. The molecule has 0 spiro atoms. The molecule has 1 aliphatic rings. The fourth-order valence-corrected chi connectivity index (χ4v) is 2.16. The summed E-state index contributed by atoms with van der Waals surface area (Å²) in [6, 6.07) is 4.23. The molecule has 0 saturated heterocycles. The van der Waals surface area contributed by atoms with Crippen LogP contribution in [0, 0.1) is 11.6 Å². The zero-order valence-electron chi connectivity index (χ0n) is 10.2. The first-order valence-corrected chi connectivity index (χ1v) is 5.96. The third kappa shape index (κ3) is 2.91. The van der Waals surface area contributed by atoms with Crippen LogP contribution in [0.4, 0.5) is 8.78 Å². The zero-order valence-corrected chi connectivity index (χ0v) is 10.2. The number of benzene rings is 1. The molecule has 2 rings (SSSR count). The highest BCUT2D eigenvalue weighted by Crippen LogP contribution is 2.24. The monoisotopic (exact) mass is 237 g/mol. The minimum absolute atomic E-state index is 0.507. The van der Waals surface area contributed by atoms with Gasteiger partial charge in [0.1, 0.15) is 11.6 Å². The molecule has 1 nitrogen and oxygen atoms in total. The Bertz CT molecular complexity index is 418. The molecule has 0 N–H and O–H groups in total. The molecule has 0 saturated carbocycles. The van der Waals surface area contributed by atoms with Gasteiger partial charge in [0.05, 0.1) is 0 Å². The quantitative estimate of drug-likeness (QED) is 0.761. The van der Waals surface area contributed by atoms with Crippen LogP contribution in [0.15, 0.2) is 24.3 Å². The Morgan fingerprint density at radius 1 is 1.12 bits per heavy atom. The zero-order chi connectivity index (χ0) is 12.4. The summed E-state index contributed by atoms with van der Waals surface area (Å²) in [6.45, 7) is 6.11. The van der Waals surface area contributed by atoms with Crippen LogP contribution in [0.2, 0.25) is 0 Å². The van der Waals surface area contributed by atoms with Crippen molar-refractivity contribution in [2.75, 3.05) is 13.1 Å². The molecular formula is C14H17F2N. The second kappa shape index (κ2) is 4.96. The van der Waals surface area contributed by atoms with Crippen molar-refractivity contribution >= 4 is 5.57 Å². The third-order valence-corrected chi connectivity index (χ3v) is 3.20. The molecule has 1 aromatic rings. The lowest BCUT2D eigenvalue weighted by Gasteiger charge is -2.29. The summed E-state index contributed by atoms with van der Waals surface area (Å²) in [5.41, 5.74) is 1.71. The normalized spacial score (nSPS) is 17.4. The lowest BCUT2D eigenvalue weighted by Crippen LogP contribution is -2.34.